The van der Waals surface area contributed by atoms with Crippen molar-refractivity contribution in [2.24, 2.45) is 7.05 Å². The van der Waals surface area contributed by atoms with E-state index in [2.05, 4.69) is 15.5 Å². The van der Waals surface area contributed by atoms with Crippen LogP contribution in [0, 0.1) is 0 Å². The number of pyridine rings is 1. The van der Waals surface area contributed by atoms with Gasteiger partial charge < -0.3 is 19.1 Å². The molecule has 0 unspecified atom stereocenters. The van der Waals surface area contributed by atoms with Crippen LogP contribution < -0.4 is 10.9 Å². The highest BCUT2D eigenvalue weighted by Crippen LogP contribution is 2.40. The Hall–Kier alpha value is -2.64. The number of nitrogens with zero attached hydrogens (tertiary/aromatic N) is 3. The van der Waals surface area contributed by atoms with Gasteiger partial charge in [-0.15, -0.1) is 0 Å². The van der Waals surface area contributed by atoms with Crippen LogP contribution in [-0.2, 0) is 17.3 Å². The van der Waals surface area contributed by atoms with Crippen molar-refractivity contribution < 1.29 is 14.1 Å². The van der Waals surface area contributed by atoms with E-state index in [4.69, 9.17) is 9.26 Å². The van der Waals surface area contributed by atoms with Gasteiger partial charge in [0, 0.05) is 24.9 Å². The second-order valence-corrected chi connectivity index (χ2v) is 7.35. The molecular weight excluding hydrogens is 324 g/mol. The molecule has 8 heteroatoms. The van der Waals surface area contributed by atoms with Gasteiger partial charge in [-0.25, -0.2) is 4.79 Å². The van der Waals surface area contributed by atoms with Crippen LogP contribution >= 0.6 is 0 Å². The van der Waals surface area contributed by atoms with Crippen molar-refractivity contribution in [3.05, 3.63) is 34.5 Å². The number of rotatable bonds is 3. The van der Waals surface area contributed by atoms with Gasteiger partial charge in [0.1, 0.15) is 11.1 Å². The number of hydrogen-bond donors (Lipinski definition) is 1. The van der Waals surface area contributed by atoms with Crippen LogP contribution in [0.4, 0.5) is 4.79 Å². The molecule has 0 bridgehead atoms. The zero-order valence-corrected chi connectivity index (χ0v) is 14.8. The number of nitrogens with one attached hydrogen (secondary N) is 1. The van der Waals surface area contributed by atoms with Gasteiger partial charge in [-0.3, -0.25) is 4.79 Å². The maximum absolute atomic E-state index is 12.1. The second kappa shape index (κ2) is 6.02. The molecule has 2 heterocycles. The minimum absolute atomic E-state index is 0.164. The van der Waals surface area contributed by atoms with Gasteiger partial charge in [0.2, 0.25) is 0 Å². The van der Waals surface area contributed by atoms with E-state index in [1.165, 1.54) is 10.6 Å². The Morgan fingerprint density at radius 2 is 2.12 bits per heavy atom. The fraction of sp³-hybridized carbons (Fsp3) is 0.529. The topological polar surface area (TPSA) is 99.2 Å². The molecule has 0 spiro atoms. The van der Waals surface area contributed by atoms with Crippen LogP contribution in [0.2, 0.25) is 0 Å². The third-order valence-corrected chi connectivity index (χ3v) is 4.15. The molecule has 1 amide bonds. The summed E-state index contributed by atoms with van der Waals surface area (Å²) in [4.78, 5) is 28.3. The summed E-state index contributed by atoms with van der Waals surface area (Å²) in [6.07, 6.45) is 3.50. The number of aryl methyl sites for hydroxylation is 1. The molecule has 0 aromatic carbocycles. The standard InChI is InChI=1S/C17H22N4O4/c1-16(2,3)24-15(23)19-17(7-5-8-17)14-18-13(25-20-14)11-6-9-21(4)12(22)10-11/h6,9-10H,5,7-8H2,1-4H3,(H,19,23). The molecule has 2 aromatic heterocycles. The van der Waals surface area contributed by atoms with Gasteiger partial charge in [0.15, 0.2) is 5.82 Å². The maximum atomic E-state index is 12.1. The van der Waals surface area contributed by atoms with E-state index in [-0.39, 0.29) is 11.4 Å². The number of carbonyl (C=O) groups excluding carboxylic acids is 1. The molecule has 0 aliphatic heterocycles. The number of amides is 1. The Morgan fingerprint density at radius 1 is 1.40 bits per heavy atom. The molecule has 1 N–H and O–H groups in total. The van der Waals surface area contributed by atoms with Gasteiger partial charge in [-0.05, 0) is 46.1 Å². The summed E-state index contributed by atoms with van der Waals surface area (Å²) in [5.74, 6) is 0.658. The van der Waals surface area contributed by atoms with Crippen LogP contribution in [0.5, 0.6) is 0 Å². The highest BCUT2D eigenvalue weighted by molar-refractivity contribution is 5.69. The first kappa shape index (κ1) is 17.2. The van der Waals surface area contributed by atoms with E-state index in [1.54, 1.807) is 19.3 Å². The Morgan fingerprint density at radius 3 is 2.68 bits per heavy atom. The molecule has 3 rings (SSSR count). The molecular formula is C17H22N4O4. The van der Waals surface area contributed by atoms with Crippen LogP contribution in [0.15, 0.2) is 27.6 Å². The van der Waals surface area contributed by atoms with Crippen molar-refractivity contribution in [3.8, 4) is 11.5 Å². The van der Waals surface area contributed by atoms with Crippen LogP contribution in [-0.4, -0.2) is 26.4 Å². The van der Waals surface area contributed by atoms with Crippen molar-refractivity contribution in [3.63, 3.8) is 0 Å². The Bertz CT molecular complexity index is 843. The van der Waals surface area contributed by atoms with Crippen molar-refractivity contribution in [1.82, 2.24) is 20.0 Å². The van der Waals surface area contributed by atoms with Crippen LogP contribution in [0.25, 0.3) is 11.5 Å². The number of alkyl carbamates (subject to hydrolysis) is 1. The Labute approximate surface area is 145 Å². The molecule has 134 valence electrons. The molecule has 0 radical (unpaired) electrons. The zero-order chi connectivity index (χ0) is 18.2. The predicted octanol–water partition coefficient (Wildman–Crippen LogP) is 2.34. The minimum atomic E-state index is -0.677. The first-order chi connectivity index (χ1) is 11.7. The number of hydrogen-bond acceptors (Lipinski definition) is 6. The summed E-state index contributed by atoms with van der Waals surface area (Å²) in [5, 5.41) is 6.90. The Kier molecular flexibility index (Phi) is 4.14. The van der Waals surface area contributed by atoms with Gasteiger partial charge in [0.05, 0.1) is 0 Å². The molecule has 1 fully saturated rings. The van der Waals surface area contributed by atoms with Crippen molar-refractivity contribution in [2.45, 2.75) is 51.2 Å². The van der Waals surface area contributed by atoms with Crippen LogP contribution in [0.1, 0.15) is 45.9 Å². The SMILES string of the molecule is Cn1ccc(-c2nc(C3(NC(=O)OC(C)(C)C)CCC3)no2)cc1=O. The lowest BCUT2D eigenvalue weighted by Gasteiger charge is -2.39. The van der Waals surface area contributed by atoms with E-state index in [0.717, 1.165) is 6.42 Å². The number of ether oxygens (including phenoxy) is 1. The lowest BCUT2D eigenvalue weighted by atomic mass is 9.76. The molecule has 0 atom stereocenters. The summed E-state index contributed by atoms with van der Waals surface area (Å²) < 4.78 is 12.1. The molecule has 1 saturated carbocycles. The highest BCUT2D eigenvalue weighted by Gasteiger charge is 2.45. The quantitative estimate of drug-likeness (QED) is 0.916. The molecule has 2 aromatic rings. The van der Waals surface area contributed by atoms with E-state index >= 15 is 0 Å². The molecule has 0 saturated heterocycles. The minimum Gasteiger partial charge on any atom is -0.444 e. The van der Waals surface area contributed by atoms with Crippen molar-refractivity contribution >= 4 is 6.09 Å². The summed E-state index contributed by atoms with van der Waals surface area (Å²) in [6.45, 7) is 5.42. The third kappa shape index (κ3) is 3.57. The van der Waals surface area contributed by atoms with E-state index in [1.807, 2.05) is 20.8 Å². The monoisotopic (exact) mass is 346 g/mol. The maximum Gasteiger partial charge on any atom is 0.408 e. The van der Waals surface area contributed by atoms with Crippen LogP contribution in [0.3, 0.4) is 0 Å². The summed E-state index contributed by atoms with van der Waals surface area (Å²) >= 11 is 0. The zero-order valence-electron chi connectivity index (χ0n) is 14.8. The predicted molar refractivity (Wildman–Crippen MR) is 89.9 cm³/mol. The fourth-order valence-electron chi connectivity index (χ4n) is 2.65. The van der Waals surface area contributed by atoms with Crippen molar-refractivity contribution in [1.29, 1.82) is 0 Å². The molecule has 25 heavy (non-hydrogen) atoms. The average molecular weight is 346 g/mol. The summed E-state index contributed by atoms with van der Waals surface area (Å²) in [6, 6.07) is 3.17. The first-order valence-electron chi connectivity index (χ1n) is 8.21. The van der Waals surface area contributed by atoms with E-state index in [0.29, 0.717) is 24.2 Å². The first-order valence-corrected chi connectivity index (χ1v) is 8.21. The lowest BCUT2D eigenvalue weighted by molar-refractivity contribution is 0.0362. The Balaban J connectivity index is 1.83. The van der Waals surface area contributed by atoms with Gasteiger partial charge in [0.25, 0.3) is 11.4 Å². The fourth-order valence-corrected chi connectivity index (χ4v) is 2.65. The van der Waals surface area contributed by atoms with Gasteiger partial charge >= 0.3 is 6.09 Å². The lowest BCUT2D eigenvalue weighted by Crippen LogP contribution is -2.52. The average Bonchev–Trinajstić information content (AvgIpc) is 2.94. The summed E-state index contributed by atoms with van der Waals surface area (Å²) in [5.41, 5.74) is -0.873. The molecule has 8 nitrogen and oxygen atoms in total. The normalized spacial score (nSPS) is 16.2. The van der Waals surface area contributed by atoms with Gasteiger partial charge in [-0.1, -0.05) is 5.16 Å². The highest BCUT2D eigenvalue weighted by atomic mass is 16.6. The van der Waals surface area contributed by atoms with E-state index < -0.39 is 17.2 Å². The largest absolute Gasteiger partial charge is 0.444 e. The number of aromatic nitrogens is 3. The number of carbonyl (C=O) groups is 1. The molecule has 1 aliphatic carbocycles. The summed E-state index contributed by atoms with van der Waals surface area (Å²) in [7, 11) is 1.67. The third-order valence-electron chi connectivity index (χ3n) is 4.15. The second-order valence-electron chi connectivity index (χ2n) is 7.35. The van der Waals surface area contributed by atoms with Crippen molar-refractivity contribution in [2.75, 3.05) is 0 Å². The van der Waals surface area contributed by atoms with Gasteiger partial charge in [-0.2, -0.15) is 4.98 Å². The van der Waals surface area contributed by atoms with E-state index in [9.17, 15) is 9.59 Å². The smallest absolute Gasteiger partial charge is 0.408 e. The molecule has 1 aliphatic rings.